The summed E-state index contributed by atoms with van der Waals surface area (Å²) in [5.74, 6) is -0.787. The molecule has 21 heavy (non-hydrogen) atoms. The second-order valence-electron chi connectivity index (χ2n) is 5.16. The third kappa shape index (κ3) is 3.87. The summed E-state index contributed by atoms with van der Waals surface area (Å²) in [4.78, 5) is 22.1. The fourth-order valence-electron chi connectivity index (χ4n) is 2.58. The number of nitrogens with one attached hydrogen (secondary N) is 1. The normalized spacial score (nSPS) is 21.8. The monoisotopic (exact) mass is 310 g/mol. The third-order valence-corrected chi connectivity index (χ3v) is 4.82. The van der Waals surface area contributed by atoms with Crippen LogP contribution in [0.3, 0.4) is 0 Å². The second-order valence-corrected chi connectivity index (χ2v) is 6.29. The summed E-state index contributed by atoms with van der Waals surface area (Å²) in [6, 6.07) is 3.78. The molecule has 0 saturated heterocycles. The summed E-state index contributed by atoms with van der Waals surface area (Å²) >= 11 is 1.81. The van der Waals surface area contributed by atoms with Crippen LogP contribution >= 0.6 is 11.8 Å². The standard InChI is InChI=1S/C14H18N2O4S/c1-21-11-4-2-3-10(8-11)15-14(18)9-5-6-12(16(19)20)13(17)7-9/h5-7,10-11,17H,2-4,8H2,1H3,(H,15,18)/t10-,11+/m0/s1. The summed E-state index contributed by atoms with van der Waals surface area (Å²) in [7, 11) is 0. The first-order valence-corrected chi connectivity index (χ1v) is 8.11. The molecule has 6 nitrogen and oxygen atoms in total. The van der Waals surface area contributed by atoms with Gasteiger partial charge in [0.15, 0.2) is 5.75 Å². The van der Waals surface area contributed by atoms with Gasteiger partial charge in [-0.1, -0.05) is 6.42 Å². The zero-order valence-electron chi connectivity index (χ0n) is 11.7. The van der Waals surface area contributed by atoms with E-state index in [-0.39, 0.29) is 17.5 Å². The predicted octanol–water partition coefficient (Wildman–Crippen LogP) is 2.70. The number of aromatic hydroxyl groups is 1. The molecule has 0 radical (unpaired) electrons. The fourth-order valence-corrected chi connectivity index (χ4v) is 3.41. The molecule has 114 valence electrons. The van der Waals surface area contributed by atoms with Gasteiger partial charge >= 0.3 is 5.69 Å². The van der Waals surface area contributed by atoms with Crippen LogP contribution in [0.5, 0.6) is 5.75 Å². The minimum atomic E-state index is -0.679. The van der Waals surface area contributed by atoms with E-state index in [9.17, 15) is 20.0 Å². The van der Waals surface area contributed by atoms with Crippen LogP contribution in [0, 0.1) is 10.1 Å². The van der Waals surface area contributed by atoms with E-state index in [1.165, 1.54) is 12.5 Å². The Kier molecular flexibility index (Phi) is 5.06. The van der Waals surface area contributed by atoms with E-state index < -0.39 is 16.4 Å². The summed E-state index contributed by atoms with van der Waals surface area (Å²) in [5, 5.41) is 23.7. The van der Waals surface area contributed by atoms with E-state index in [1.807, 2.05) is 11.8 Å². The number of carbonyl (C=O) groups excluding carboxylic acids is 1. The molecule has 1 aromatic rings. The lowest BCUT2D eigenvalue weighted by molar-refractivity contribution is -0.385. The van der Waals surface area contributed by atoms with Gasteiger partial charge in [0.25, 0.3) is 5.91 Å². The third-order valence-electron chi connectivity index (χ3n) is 3.73. The predicted molar refractivity (Wildman–Crippen MR) is 81.8 cm³/mol. The topological polar surface area (TPSA) is 92.5 Å². The van der Waals surface area contributed by atoms with Gasteiger partial charge in [-0.3, -0.25) is 14.9 Å². The number of nitro groups is 1. The molecule has 1 fully saturated rings. The van der Waals surface area contributed by atoms with Gasteiger partial charge in [0.05, 0.1) is 4.92 Å². The number of thioether (sulfide) groups is 1. The van der Waals surface area contributed by atoms with Gasteiger partial charge in [0.2, 0.25) is 0 Å². The van der Waals surface area contributed by atoms with Gasteiger partial charge in [0, 0.05) is 22.9 Å². The number of phenolic OH excluding ortho intramolecular Hbond substituents is 1. The number of phenols is 1. The van der Waals surface area contributed by atoms with Crippen molar-refractivity contribution in [3.8, 4) is 5.75 Å². The average Bonchev–Trinajstić information content (AvgIpc) is 2.46. The number of benzene rings is 1. The van der Waals surface area contributed by atoms with Crippen molar-refractivity contribution in [3.63, 3.8) is 0 Å². The lowest BCUT2D eigenvalue weighted by Gasteiger charge is -2.28. The zero-order chi connectivity index (χ0) is 15.4. The zero-order valence-corrected chi connectivity index (χ0v) is 12.6. The number of rotatable bonds is 4. The van der Waals surface area contributed by atoms with Crippen molar-refractivity contribution in [2.45, 2.75) is 37.0 Å². The van der Waals surface area contributed by atoms with Crippen molar-refractivity contribution in [1.82, 2.24) is 5.32 Å². The van der Waals surface area contributed by atoms with Crippen molar-refractivity contribution < 1.29 is 14.8 Å². The number of nitrogens with zero attached hydrogens (tertiary/aromatic N) is 1. The summed E-state index contributed by atoms with van der Waals surface area (Å²) < 4.78 is 0. The van der Waals surface area contributed by atoms with Crippen LogP contribution in [-0.2, 0) is 0 Å². The highest BCUT2D eigenvalue weighted by Crippen LogP contribution is 2.28. The molecular formula is C14H18N2O4S. The Bertz CT molecular complexity index is 550. The molecule has 0 unspecified atom stereocenters. The molecule has 0 aromatic heterocycles. The van der Waals surface area contributed by atoms with Gasteiger partial charge in [-0.25, -0.2) is 0 Å². The highest BCUT2D eigenvalue weighted by molar-refractivity contribution is 7.99. The van der Waals surface area contributed by atoms with Crippen LogP contribution in [0.4, 0.5) is 5.69 Å². The number of hydrogen-bond donors (Lipinski definition) is 2. The summed E-state index contributed by atoms with van der Waals surface area (Å²) in [5.41, 5.74) is -0.156. The molecule has 1 aliphatic carbocycles. The minimum absolute atomic E-state index is 0.126. The van der Waals surface area contributed by atoms with Crippen LogP contribution < -0.4 is 5.32 Å². The van der Waals surface area contributed by atoms with E-state index >= 15 is 0 Å². The van der Waals surface area contributed by atoms with Crippen LogP contribution in [0.25, 0.3) is 0 Å². The Morgan fingerprint density at radius 3 is 2.86 bits per heavy atom. The lowest BCUT2D eigenvalue weighted by atomic mass is 9.94. The molecule has 0 aliphatic heterocycles. The smallest absolute Gasteiger partial charge is 0.310 e. The Morgan fingerprint density at radius 2 is 2.24 bits per heavy atom. The Morgan fingerprint density at radius 1 is 1.48 bits per heavy atom. The molecule has 1 saturated carbocycles. The van der Waals surface area contributed by atoms with Crippen molar-refractivity contribution in [1.29, 1.82) is 0 Å². The highest BCUT2D eigenvalue weighted by Gasteiger charge is 2.23. The SMILES string of the molecule is CS[C@@H]1CCC[C@H](NC(=O)c2ccc([N+](=O)[O-])c(O)c2)C1. The van der Waals surface area contributed by atoms with E-state index in [0.29, 0.717) is 5.25 Å². The van der Waals surface area contributed by atoms with Crippen LogP contribution in [0.15, 0.2) is 18.2 Å². The number of hydrogen-bond acceptors (Lipinski definition) is 5. The molecule has 0 heterocycles. The van der Waals surface area contributed by atoms with E-state index in [2.05, 4.69) is 11.6 Å². The largest absolute Gasteiger partial charge is 0.502 e. The average molecular weight is 310 g/mol. The van der Waals surface area contributed by atoms with Gasteiger partial charge in [-0.15, -0.1) is 0 Å². The molecule has 1 aromatic carbocycles. The van der Waals surface area contributed by atoms with Crippen LogP contribution in [-0.4, -0.2) is 33.5 Å². The lowest BCUT2D eigenvalue weighted by Crippen LogP contribution is -2.39. The van der Waals surface area contributed by atoms with Crippen molar-refractivity contribution in [3.05, 3.63) is 33.9 Å². The van der Waals surface area contributed by atoms with Gasteiger partial charge in [-0.2, -0.15) is 11.8 Å². The first kappa shape index (κ1) is 15.6. The Labute approximate surface area is 127 Å². The van der Waals surface area contributed by atoms with E-state index in [0.717, 1.165) is 31.4 Å². The molecule has 0 bridgehead atoms. The molecule has 1 aliphatic rings. The maximum Gasteiger partial charge on any atom is 0.310 e. The molecule has 2 atom stereocenters. The van der Waals surface area contributed by atoms with Crippen molar-refractivity contribution in [2.24, 2.45) is 0 Å². The van der Waals surface area contributed by atoms with Crippen molar-refractivity contribution in [2.75, 3.05) is 6.26 Å². The maximum absolute atomic E-state index is 12.1. The number of carbonyl (C=O) groups is 1. The van der Waals surface area contributed by atoms with Crippen molar-refractivity contribution >= 4 is 23.4 Å². The molecule has 2 N–H and O–H groups in total. The molecule has 7 heteroatoms. The molecule has 2 rings (SSSR count). The fraction of sp³-hybridized carbons (Fsp3) is 0.500. The van der Waals surface area contributed by atoms with Crippen LogP contribution in [0.2, 0.25) is 0 Å². The number of amides is 1. The maximum atomic E-state index is 12.1. The van der Waals surface area contributed by atoms with E-state index in [1.54, 1.807) is 0 Å². The van der Waals surface area contributed by atoms with Gasteiger partial charge in [-0.05, 0) is 37.7 Å². The minimum Gasteiger partial charge on any atom is -0.502 e. The van der Waals surface area contributed by atoms with Crippen LogP contribution in [0.1, 0.15) is 36.0 Å². The van der Waals surface area contributed by atoms with Gasteiger partial charge < -0.3 is 10.4 Å². The molecule has 1 amide bonds. The first-order valence-electron chi connectivity index (χ1n) is 6.82. The van der Waals surface area contributed by atoms with Gasteiger partial charge in [0.1, 0.15) is 0 Å². The molecular weight excluding hydrogens is 292 g/mol. The Balaban J connectivity index is 2.03. The highest BCUT2D eigenvalue weighted by atomic mass is 32.2. The number of nitro benzene ring substituents is 1. The summed E-state index contributed by atoms with van der Waals surface area (Å²) in [6.07, 6.45) is 6.21. The Hall–Kier alpha value is -1.76. The first-order chi connectivity index (χ1) is 10.0. The summed E-state index contributed by atoms with van der Waals surface area (Å²) in [6.45, 7) is 0. The second kappa shape index (κ2) is 6.80. The quantitative estimate of drug-likeness (QED) is 0.659. The molecule has 0 spiro atoms. The van der Waals surface area contributed by atoms with E-state index in [4.69, 9.17) is 0 Å².